The summed E-state index contributed by atoms with van der Waals surface area (Å²) in [4.78, 5) is 15.6. The number of rotatable bonds is 1. The first kappa shape index (κ1) is 9.58. The average molecular weight is 233 g/mol. The zero-order valence-electron chi connectivity index (χ0n) is 8.22. The lowest BCUT2D eigenvalue weighted by atomic mass is 10.2. The molecule has 0 saturated heterocycles. The molecule has 3 aromatic rings. The predicted molar refractivity (Wildman–Crippen MR) is 53.4 cm³/mol. The molecule has 0 fully saturated rings. The van der Waals surface area contributed by atoms with E-state index in [-0.39, 0.29) is 17.1 Å². The average Bonchev–Trinajstić information content (AvgIpc) is 2.83. The van der Waals surface area contributed by atoms with Crippen LogP contribution in [0.15, 0.2) is 27.4 Å². The molecular weight excluding hydrogens is 229 g/mol. The third-order valence-corrected chi connectivity index (χ3v) is 2.13. The Balaban J connectivity index is 2.32. The number of H-pyrrole nitrogens is 1. The van der Waals surface area contributed by atoms with Crippen LogP contribution >= 0.6 is 0 Å². The molecule has 0 unspecified atom stereocenters. The van der Waals surface area contributed by atoms with Crippen LogP contribution in [0.25, 0.3) is 22.6 Å². The van der Waals surface area contributed by atoms with Gasteiger partial charge in [0.25, 0.3) is 11.7 Å². The second-order valence-corrected chi connectivity index (χ2v) is 3.20. The lowest BCUT2D eigenvalue weighted by Crippen LogP contribution is -2.04. The molecule has 7 nitrogen and oxygen atoms in total. The molecule has 1 N–H and O–H groups in total. The van der Waals surface area contributed by atoms with E-state index in [0.29, 0.717) is 5.52 Å². The first-order valence-corrected chi connectivity index (χ1v) is 4.58. The Kier molecular flexibility index (Phi) is 1.94. The van der Waals surface area contributed by atoms with Gasteiger partial charge in [-0.25, -0.2) is 14.2 Å². The number of nitrogens with zero attached hydrogens (tertiary/aromatic N) is 4. The number of halogens is 1. The van der Waals surface area contributed by atoms with Crippen LogP contribution in [0.3, 0.4) is 0 Å². The van der Waals surface area contributed by atoms with Crippen LogP contribution in [0, 0.1) is 5.82 Å². The van der Waals surface area contributed by atoms with Crippen molar-refractivity contribution < 1.29 is 8.81 Å². The largest absolute Gasteiger partial charge is 0.399 e. The van der Waals surface area contributed by atoms with Crippen LogP contribution < -0.4 is 5.63 Å². The highest BCUT2D eigenvalue weighted by Gasteiger charge is 2.12. The molecular formula is C9H4FN5O2. The van der Waals surface area contributed by atoms with E-state index in [1.165, 1.54) is 12.1 Å². The van der Waals surface area contributed by atoms with Gasteiger partial charge in [-0.1, -0.05) is 0 Å². The fraction of sp³-hybridized carbons (Fsp3) is 0. The predicted octanol–water partition coefficient (Wildman–Crippen LogP) is 0.507. The molecule has 0 bridgehead atoms. The van der Waals surface area contributed by atoms with Gasteiger partial charge in [0.1, 0.15) is 5.82 Å². The van der Waals surface area contributed by atoms with Crippen molar-refractivity contribution in [3.63, 3.8) is 0 Å². The number of hydrogen-bond acceptors (Lipinski definition) is 6. The van der Waals surface area contributed by atoms with E-state index in [1.807, 2.05) is 0 Å². The topological polar surface area (TPSA) is 97.6 Å². The van der Waals surface area contributed by atoms with Gasteiger partial charge in [0.15, 0.2) is 0 Å². The summed E-state index contributed by atoms with van der Waals surface area (Å²) >= 11 is 0. The van der Waals surface area contributed by atoms with Crippen LogP contribution in [-0.4, -0.2) is 25.6 Å². The maximum Gasteiger partial charge on any atom is 0.347 e. The number of aromatic nitrogens is 5. The summed E-state index contributed by atoms with van der Waals surface area (Å²) in [6, 6.07) is 3.65. The molecule has 0 aliphatic heterocycles. The molecule has 0 aliphatic rings. The minimum Gasteiger partial charge on any atom is -0.399 e. The van der Waals surface area contributed by atoms with Crippen molar-refractivity contribution in [3.05, 3.63) is 34.4 Å². The SMILES string of the molecule is O=c1oc(-c2nn[nH]n2)nc2ccc(F)cc12. The summed E-state index contributed by atoms with van der Waals surface area (Å²) < 4.78 is 17.8. The Morgan fingerprint density at radius 3 is 3.00 bits per heavy atom. The minimum atomic E-state index is -0.700. The number of aromatic amines is 1. The molecule has 0 aliphatic carbocycles. The highest BCUT2D eigenvalue weighted by atomic mass is 19.1. The maximum atomic E-state index is 12.9. The third-order valence-electron chi connectivity index (χ3n) is 2.13. The van der Waals surface area contributed by atoms with E-state index < -0.39 is 11.4 Å². The van der Waals surface area contributed by atoms with Crippen LogP contribution in [0.4, 0.5) is 4.39 Å². The zero-order valence-corrected chi connectivity index (χ0v) is 8.22. The van der Waals surface area contributed by atoms with Gasteiger partial charge in [0.05, 0.1) is 10.9 Å². The minimum absolute atomic E-state index is 0.0633. The normalized spacial score (nSPS) is 10.9. The maximum absolute atomic E-state index is 12.9. The van der Waals surface area contributed by atoms with Gasteiger partial charge < -0.3 is 4.42 Å². The lowest BCUT2D eigenvalue weighted by Gasteiger charge is -1.97. The molecule has 0 amide bonds. The smallest absolute Gasteiger partial charge is 0.347 e. The molecule has 1 aromatic carbocycles. The van der Waals surface area contributed by atoms with Gasteiger partial charge in [-0.2, -0.15) is 5.21 Å². The number of nitrogens with one attached hydrogen (secondary N) is 1. The number of fused-ring (bicyclic) bond motifs is 1. The molecule has 0 atom stereocenters. The molecule has 2 aromatic heterocycles. The molecule has 0 radical (unpaired) electrons. The van der Waals surface area contributed by atoms with Crippen molar-refractivity contribution in [2.45, 2.75) is 0 Å². The Morgan fingerprint density at radius 2 is 2.24 bits per heavy atom. The molecule has 17 heavy (non-hydrogen) atoms. The standard InChI is InChI=1S/C9H4FN5O2/c10-4-1-2-6-5(3-4)9(16)17-8(11-6)7-12-14-15-13-7/h1-3H,(H,12,13,14,15). The quantitative estimate of drug-likeness (QED) is 0.657. The fourth-order valence-corrected chi connectivity index (χ4v) is 1.39. The van der Waals surface area contributed by atoms with Crippen LogP contribution in [0.1, 0.15) is 0 Å². The third kappa shape index (κ3) is 1.55. The summed E-state index contributed by atoms with van der Waals surface area (Å²) in [6.45, 7) is 0. The van der Waals surface area contributed by atoms with E-state index in [0.717, 1.165) is 6.07 Å². The Bertz CT molecular complexity index is 737. The van der Waals surface area contributed by atoms with Crippen molar-refractivity contribution in [2.75, 3.05) is 0 Å². The molecule has 2 heterocycles. The Labute approximate surface area is 92.3 Å². The van der Waals surface area contributed by atoms with Gasteiger partial charge in [0.2, 0.25) is 0 Å². The van der Waals surface area contributed by atoms with Crippen molar-refractivity contribution in [3.8, 4) is 11.7 Å². The van der Waals surface area contributed by atoms with Gasteiger partial charge in [-0.05, 0) is 23.4 Å². The Hall–Kier alpha value is -2.64. The summed E-state index contributed by atoms with van der Waals surface area (Å²) in [5, 5.41) is 12.9. The van der Waals surface area contributed by atoms with E-state index in [2.05, 4.69) is 25.6 Å². The monoisotopic (exact) mass is 233 g/mol. The van der Waals surface area contributed by atoms with E-state index >= 15 is 0 Å². The van der Waals surface area contributed by atoms with Gasteiger partial charge >= 0.3 is 5.63 Å². The lowest BCUT2D eigenvalue weighted by molar-refractivity contribution is 0.513. The van der Waals surface area contributed by atoms with Crippen LogP contribution in [0.2, 0.25) is 0 Å². The molecule has 0 saturated carbocycles. The molecule has 8 heteroatoms. The van der Waals surface area contributed by atoms with E-state index in [4.69, 9.17) is 4.42 Å². The number of tetrazole rings is 1. The molecule has 0 spiro atoms. The second kappa shape index (κ2) is 3.44. The van der Waals surface area contributed by atoms with Crippen LogP contribution in [0.5, 0.6) is 0 Å². The summed E-state index contributed by atoms with van der Waals surface area (Å²) in [5.41, 5.74) is -0.392. The van der Waals surface area contributed by atoms with Gasteiger partial charge in [-0.3, -0.25) is 0 Å². The summed E-state index contributed by atoms with van der Waals surface area (Å²) in [7, 11) is 0. The fourth-order valence-electron chi connectivity index (χ4n) is 1.39. The molecule has 84 valence electrons. The van der Waals surface area contributed by atoms with E-state index in [1.54, 1.807) is 0 Å². The van der Waals surface area contributed by atoms with Crippen molar-refractivity contribution >= 4 is 10.9 Å². The summed E-state index contributed by atoms with van der Waals surface area (Å²) in [6.07, 6.45) is 0. The van der Waals surface area contributed by atoms with Crippen LogP contribution in [-0.2, 0) is 0 Å². The van der Waals surface area contributed by atoms with Crippen molar-refractivity contribution in [1.82, 2.24) is 25.6 Å². The zero-order chi connectivity index (χ0) is 11.8. The first-order chi connectivity index (χ1) is 8.24. The second-order valence-electron chi connectivity index (χ2n) is 3.20. The Morgan fingerprint density at radius 1 is 1.35 bits per heavy atom. The number of hydrogen-bond donors (Lipinski definition) is 1. The van der Waals surface area contributed by atoms with Gasteiger partial charge in [-0.15, -0.1) is 10.2 Å². The van der Waals surface area contributed by atoms with Crippen molar-refractivity contribution in [2.24, 2.45) is 0 Å². The highest BCUT2D eigenvalue weighted by Crippen LogP contribution is 2.14. The van der Waals surface area contributed by atoms with Crippen molar-refractivity contribution in [1.29, 1.82) is 0 Å². The van der Waals surface area contributed by atoms with E-state index in [9.17, 15) is 9.18 Å². The summed E-state index contributed by atoms with van der Waals surface area (Å²) in [5.74, 6) is -0.532. The number of benzene rings is 1. The highest BCUT2D eigenvalue weighted by molar-refractivity contribution is 5.78. The first-order valence-electron chi connectivity index (χ1n) is 4.58. The molecule has 3 rings (SSSR count). The van der Waals surface area contributed by atoms with Gasteiger partial charge in [0, 0.05) is 0 Å².